The van der Waals surface area contributed by atoms with Gasteiger partial charge in [0.15, 0.2) is 0 Å². The van der Waals surface area contributed by atoms with Gasteiger partial charge in [-0.25, -0.2) is 4.98 Å². The molecule has 0 bridgehead atoms. The molecule has 0 radical (unpaired) electrons. The third-order valence-corrected chi connectivity index (χ3v) is 3.12. The van der Waals surface area contributed by atoms with E-state index >= 15 is 0 Å². The molecule has 0 aliphatic rings. The van der Waals surface area contributed by atoms with Crippen molar-refractivity contribution in [3.63, 3.8) is 0 Å². The number of hydrogen-bond acceptors (Lipinski definition) is 3. The quantitative estimate of drug-likeness (QED) is 0.808. The van der Waals surface area contributed by atoms with Crippen LogP contribution in [-0.4, -0.2) is 23.2 Å². The normalized spacial score (nSPS) is 10.5. The molecule has 2 rings (SSSR count). The SMILES string of the molecule is CCCCNc1nccn1-c1ccc(OC)cc1C. The Hall–Kier alpha value is -1.97. The minimum Gasteiger partial charge on any atom is -0.497 e. The molecule has 1 heterocycles. The van der Waals surface area contributed by atoms with Crippen molar-refractivity contribution in [2.24, 2.45) is 0 Å². The fraction of sp³-hybridized carbons (Fsp3) is 0.400. The van der Waals surface area contributed by atoms with Crippen molar-refractivity contribution in [1.82, 2.24) is 9.55 Å². The standard InChI is InChI=1S/C15H21N3O/c1-4-5-8-16-15-17-9-10-18(15)14-7-6-13(19-3)11-12(14)2/h6-7,9-11H,4-5,8H2,1-3H3,(H,16,17). The monoisotopic (exact) mass is 259 g/mol. The van der Waals surface area contributed by atoms with E-state index in [9.17, 15) is 0 Å². The highest BCUT2D eigenvalue weighted by molar-refractivity contribution is 5.49. The van der Waals surface area contributed by atoms with Gasteiger partial charge in [-0.2, -0.15) is 0 Å². The fourth-order valence-corrected chi connectivity index (χ4v) is 2.03. The summed E-state index contributed by atoms with van der Waals surface area (Å²) in [7, 11) is 1.68. The van der Waals surface area contributed by atoms with E-state index < -0.39 is 0 Å². The maximum atomic E-state index is 5.24. The minimum atomic E-state index is 0.877. The van der Waals surface area contributed by atoms with Crippen LogP contribution in [0.5, 0.6) is 5.75 Å². The van der Waals surface area contributed by atoms with Crippen LogP contribution in [0.2, 0.25) is 0 Å². The van der Waals surface area contributed by atoms with Crippen molar-refractivity contribution in [2.75, 3.05) is 19.0 Å². The van der Waals surface area contributed by atoms with E-state index in [4.69, 9.17) is 4.74 Å². The number of benzene rings is 1. The van der Waals surface area contributed by atoms with Crippen LogP contribution in [0.4, 0.5) is 5.95 Å². The molecule has 0 atom stereocenters. The van der Waals surface area contributed by atoms with Gasteiger partial charge >= 0.3 is 0 Å². The molecule has 1 N–H and O–H groups in total. The topological polar surface area (TPSA) is 39.1 Å². The lowest BCUT2D eigenvalue weighted by Crippen LogP contribution is -2.08. The van der Waals surface area contributed by atoms with Crippen LogP contribution in [0.15, 0.2) is 30.6 Å². The van der Waals surface area contributed by atoms with Gasteiger partial charge in [0, 0.05) is 18.9 Å². The molecule has 19 heavy (non-hydrogen) atoms. The van der Waals surface area contributed by atoms with Crippen LogP contribution >= 0.6 is 0 Å². The number of nitrogens with one attached hydrogen (secondary N) is 1. The highest BCUT2D eigenvalue weighted by Gasteiger charge is 2.07. The summed E-state index contributed by atoms with van der Waals surface area (Å²) in [4.78, 5) is 4.37. The Morgan fingerprint density at radius 3 is 2.89 bits per heavy atom. The summed E-state index contributed by atoms with van der Waals surface area (Å²) in [6, 6.07) is 6.06. The number of aryl methyl sites for hydroxylation is 1. The second-order valence-electron chi connectivity index (χ2n) is 4.55. The van der Waals surface area contributed by atoms with Crippen LogP contribution in [0, 0.1) is 6.92 Å². The third kappa shape index (κ3) is 3.08. The molecule has 0 aliphatic heterocycles. The van der Waals surface area contributed by atoms with Crippen molar-refractivity contribution >= 4 is 5.95 Å². The molecule has 0 aliphatic carbocycles. The zero-order valence-corrected chi connectivity index (χ0v) is 11.8. The molecule has 102 valence electrons. The molecular formula is C15H21N3O. The van der Waals surface area contributed by atoms with Crippen molar-refractivity contribution in [2.45, 2.75) is 26.7 Å². The van der Waals surface area contributed by atoms with Crippen molar-refractivity contribution in [3.8, 4) is 11.4 Å². The Balaban J connectivity index is 2.24. The van der Waals surface area contributed by atoms with Crippen LogP contribution in [0.25, 0.3) is 5.69 Å². The maximum Gasteiger partial charge on any atom is 0.207 e. The first-order valence-corrected chi connectivity index (χ1v) is 6.68. The average molecular weight is 259 g/mol. The van der Waals surface area contributed by atoms with Crippen molar-refractivity contribution < 1.29 is 4.74 Å². The summed E-state index contributed by atoms with van der Waals surface area (Å²) in [5, 5.41) is 3.37. The Kier molecular flexibility index (Phi) is 4.44. The number of imidazole rings is 1. The molecule has 1 aromatic carbocycles. The van der Waals surface area contributed by atoms with E-state index in [1.54, 1.807) is 7.11 Å². The zero-order chi connectivity index (χ0) is 13.7. The number of aromatic nitrogens is 2. The lowest BCUT2D eigenvalue weighted by atomic mass is 10.2. The number of unbranched alkanes of at least 4 members (excludes halogenated alkanes) is 1. The Bertz CT molecular complexity index is 534. The average Bonchev–Trinajstić information content (AvgIpc) is 2.87. The second kappa shape index (κ2) is 6.27. The van der Waals surface area contributed by atoms with Gasteiger partial charge in [0.2, 0.25) is 5.95 Å². The van der Waals surface area contributed by atoms with Crippen LogP contribution in [-0.2, 0) is 0 Å². The second-order valence-corrected chi connectivity index (χ2v) is 4.55. The van der Waals surface area contributed by atoms with E-state index in [2.05, 4.69) is 34.8 Å². The lowest BCUT2D eigenvalue weighted by Gasteiger charge is -2.13. The maximum absolute atomic E-state index is 5.24. The predicted octanol–water partition coefficient (Wildman–Crippen LogP) is 3.40. The van der Waals surface area contributed by atoms with Crippen LogP contribution in [0.1, 0.15) is 25.3 Å². The van der Waals surface area contributed by atoms with Gasteiger partial charge in [-0.15, -0.1) is 0 Å². The van der Waals surface area contributed by atoms with Gasteiger partial charge in [-0.05, 0) is 37.1 Å². The first-order valence-electron chi connectivity index (χ1n) is 6.68. The summed E-state index contributed by atoms with van der Waals surface area (Å²) in [6.07, 6.45) is 6.12. The summed E-state index contributed by atoms with van der Waals surface area (Å²) < 4.78 is 7.31. The summed E-state index contributed by atoms with van der Waals surface area (Å²) in [5.74, 6) is 1.77. The van der Waals surface area contributed by atoms with E-state index in [-0.39, 0.29) is 0 Å². The van der Waals surface area contributed by atoms with Crippen molar-refractivity contribution in [1.29, 1.82) is 0 Å². The third-order valence-electron chi connectivity index (χ3n) is 3.12. The molecule has 1 aromatic heterocycles. The van der Waals surface area contributed by atoms with Crippen LogP contribution < -0.4 is 10.1 Å². The van der Waals surface area contributed by atoms with Crippen molar-refractivity contribution in [3.05, 3.63) is 36.2 Å². The van der Waals surface area contributed by atoms with E-state index in [0.29, 0.717) is 0 Å². The number of ether oxygens (including phenoxy) is 1. The van der Waals surface area contributed by atoms with Gasteiger partial charge in [0.25, 0.3) is 0 Å². The molecule has 0 unspecified atom stereocenters. The molecule has 0 amide bonds. The first kappa shape index (κ1) is 13.5. The first-order chi connectivity index (χ1) is 9.26. The molecular weight excluding hydrogens is 238 g/mol. The van der Waals surface area contributed by atoms with Gasteiger partial charge in [0.05, 0.1) is 12.8 Å². The zero-order valence-electron chi connectivity index (χ0n) is 11.8. The molecule has 0 saturated heterocycles. The Morgan fingerprint density at radius 1 is 1.37 bits per heavy atom. The smallest absolute Gasteiger partial charge is 0.207 e. The molecule has 0 spiro atoms. The summed E-state index contributed by atoms with van der Waals surface area (Å²) in [5.41, 5.74) is 2.29. The van der Waals surface area contributed by atoms with E-state index in [0.717, 1.165) is 35.9 Å². The number of rotatable bonds is 6. The molecule has 2 aromatic rings. The van der Waals surface area contributed by atoms with Gasteiger partial charge in [-0.3, -0.25) is 4.57 Å². The summed E-state index contributed by atoms with van der Waals surface area (Å²) in [6.45, 7) is 5.21. The van der Waals surface area contributed by atoms with Gasteiger partial charge < -0.3 is 10.1 Å². The number of nitrogens with zero attached hydrogens (tertiary/aromatic N) is 2. The molecule has 0 saturated carbocycles. The highest BCUT2D eigenvalue weighted by Crippen LogP contribution is 2.22. The Labute approximate surface area is 114 Å². The molecule has 0 fully saturated rings. The predicted molar refractivity (Wildman–Crippen MR) is 78.3 cm³/mol. The van der Waals surface area contributed by atoms with E-state index in [1.165, 1.54) is 6.42 Å². The number of hydrogen-bond donors (Lipinski definition) is 1. The molecule has 4 heteroatoms. The lowest BCUT2D eigenvalue weighted by molar-refractivity contribution is 0.414. The van der Waals surface area contributed by atoms with Gasteiger partial charge in [-0.1, -0.05) is 13.3 Å². The number of anilines is 1. The molecule has 4 nitrogen and oxygen atoms in total. The minimum absolute atomic E-state index is 0.877. The van der Waals surface area contributed by atoms with Crippen LogP contribution in [0.3, 0.4) is 0 Å². The fourth-order valence-electron chi connectivity index (χ4n) is 2.03. The summed E-state index contributed by atoms with van der Waals surface area (Å²) >= 11 is 0. The Morgan fingerprint density at radius 2 is 2.21 bits per heavy atom. The number of methoxy groups -OCH3 is 1. The largest absolute Gasteiger partial charge is 0.497 e. The van der Waals surface area contributed by atoms with Gasteiger partial charge in [0.1, 0.15) is 5.75 Å². The highest BCUT2D eigenvalue weighted by atomic mass is 16.5. The van der Waals surface area contributed by atoms with E-state index in [1.807, 2.05) is 24.5 Å².